The van der Waals surface area contributed by atoms with Gasteiger partial charge in [-0.1, -0.05) is 6.07 Å². The second kappa shape index (κ2) is 10.6. The van der Waals surface area contributed by atoms with E-state index in [0.29, 0.717) is 0 Å². The summed E-state index contributed by atoms with van der Waals surface area (Å²) >= 11 is 0. The Labute approximate surface area is 179 Å². The number of methoxy groups -OCH3 is 1. The van der Waals surface area contributed by atoms with Gasteiger partial charge in [-0.2, -0.15) is 0 Å². The molecule has 0 radical (unpaired) electrons. The summed E-state index contributed by atoms with van der Waals surface area (Å²) in [6.07, 6.45) is 0. The van der Waals surface area contributed by atoms with Crippen molar-refractivity contribution in [1.82, 2.24) is 10.2 Å². The van der Waals surface area contributed by atoms with E-state index >= 15 is 0 Å². The van der Waals surface area contributed by atoms with Crippen molar-refractivity contribution in [3.8, 4) is 5.75 Å². The van der Waals surface area contributed by atoms with Crippen LogP contribution in [0.2, 0.25) is 0 Å². The molecule has 0 amide bonds. The lowest BCUT2D eigenvalue weighted by atomic mass is 10.2. The third-order valence-corrected chi connectivity index (χ3v) is 4.02. The van der Waals surface area contributed by atoms with Crippen LogP contribution >= 0.6 is 24.0 Å². The lowest BCUT2D eigenvalue weighted by molar-refractivity contribution is -0.153. The number of carbonyl (C=O) groups excluding carboxylic acids is 1. The highest BCUT2D eigenvalue weighted by Crippen LogP contribution is 2.22. The third-order valence-electron chi connectivity index (χ3n) is 4.02. The lowest BCUT2D eigenvalue weighted by Crippen LogP contribution is -2.53. The molecule has 1 heterocycles. The van der Waals surface area contributed by atoms with Crippen LogP contribution in [-0.4, -0.2) is 69.3 Å². The Bertz CT molecular complexity index is 638. The van der Waals surface area contributed by atoms with E-state index in [2.05, 4.69) is 26.2 Å². The topological polar surface area (TPSA) is 66.4 Å². The number of hydrogen-bond donors (Lipinski definition) is 1. The van der Waals surface area contributed by atoms with Gasteiger partial charge in [0.1, 0.15) is 17.9 Å². The number of hydrogen-bond acceptors (Lipinski definition) is 5. The number of nitrogens with one attached hydrogen (secondary N) is 1. The van der Waals surface area contributed by atoms with Crippen LogP contribution in [0, 0.1) is 0 Å². The van der Waals surface area contributed by atoms with Gasteiger partial charge in [0.25, 0.3) is 0 Å². The van der Waals surface area contributed by atoms with Gasteiger partial charge in [-0.15, -0.1) is 24.0 Å². The largest absolute Gasteiger partial charge is 0.497 e. The van der Waals surface area contributed by atoms with E-state index in [1.807, 2.05) is 39.0 Å². The summed E-state index contributed by atoms with van der Waals surface area (Å²) in [6, 6.07) is 8.09. The van der Waals surface area contributed by atoms with Crippen LogP contribution < -0.4 is 15.0 Å². The van der Waals surface area contributed by atoms with Crippen LogP contribution in [0.5, 0.6) is 5.75 Å². The standard InChI is InChI=1S/C19H30N4O3.HI/c1-19(2,3)26-17(24)14-21-18(20-4)23-11-9-22(10-12-23)15-7-6-8-16(13-15)25-5;/h6-8,13H,9-12,14H2,1-5H3,(H,20,21);1H. The van der Waals surface area contributed by atoms with Crippen LogP contribution in [0.3, 0.4) is 0 Å². The van der Waals surface area contributed by atoms with Gasteiger partial charge in [0, 0.05) is 45.0 Å². The number of carbonyl (C=O) groups is 1. The molecule has 8 heteroatoms. The zero-order valence-corrected chi connectivity index (χ0v) is 19.1. The molecule has 0 aromatic heterocycles. The fraction of sp³-hybridized carbons (Fsp3) is 0.579. The maximum atomic E-state index is 11.9. The molecule has 1 fully saturated rings. The minimum Gasteiger partial charge on any atom is -0.497 e. The highest BCUT2D eigenvalue weighted by molar-refractivity contribution is 14.0. The van der Waals surface area contributed by atoms with Crippen LogP contribution in [0.4, 0.5) is 5.69 Å². The number of nitrogens with zero attached hydrogens (tertiary/aromatic N) is 3. The Morgan fingerprint density at radius 3 is 2.44 bits per heavy atom. The molecule has 0 unspecified atom stereocenters. The molecule has 27 heavy (non-hydrogen) atoms. The van der Waals surface area contributed by atoms with Crippen LogP contribution in [0.25, 0.3) is 0 Å². The number of halogens is 1. The molecular formula is C19H31IN4O3. The van der Waals surface area contributed by atoms with Crippen molar-refractivity contribution in [2.45, 2.75) is 26.4 Å². The molecule has 0 saturated carbocycles. The molecule has 1 aromatic rings. The van der Waals surface area contributed by atoms with Gasteiger partial charge >= 0.3 is 5.97 Å². The van der Waals surface area contributed by atoms with Crippen LogP contribution in [0.15, 0.2) is 29.3 Å². The normalized spacial score (nSPS) is 15.1. The second-order valence-corrected chi connectivity index (χ2v) is 7.16. The molecule has 0 bridgehead atoms. The molecule has 1 N–H and O–H groups in total. The van der Waals surface area contributed by atoms with Gasteiger partial charge in [0.15, 0.2) is 5.96 Å². The van der Waals surface area contributed by atoms with Crippen molar-refractivity contribution < 1.29 is 14.3 Å². The molecule has 1 aliphatic rings. The monoisotopic (exact) mass is 490 g/mol. The molecule has 1 saturated heterocycles. The molecule has 7 nitrogen and oxygen atoms in total. The van der Waals surface area contributed by atoms with Gasteiger partial charge < -0.3 is 24.6 Å². The third kappa shape index (κ3) is 7.43. The predicted octanol–water partition coefficient (Wildman–Crippen LogP) is 2.35. The lowest BCUT2D eigenvalue weighted by Gasteiger charge is -2.37. The summed E-state index contributed by atoms with van der Waals surface area (Å²) in [5.41, 5.74) is 0.672. The van der Waals surface area contributed by atoms with Crippen LogP contribution in [-0.2, 0) is 9.53 Å². The maximum Gasteiger partial charge on any atom is 0.325 e. The van der Waals surface area contributed by atoms with E-state index in [9.17, 15) is 4.79 Å². The first kappa shape index (κ1) is 23.3. The maximum absolute atomic E-state index is 11.9. The Morgan fingerprint density at radius 2 is 1.89 bits per heavy atom. The van der Waals surface area contributed by atoms with E-state index < -0.39 is 5.60 Å². The van der Waals surface area contributed by atoms with Crippen molar-refractivity contribution in [2.24, 2.45) is 4.99 Å². The number of anilines is 1. The number of piperazine rings is 1. The van der Waals surface area contributed by atoms with Gasteiger partial charge in [-0.3, -0.25) is 9.79 Å². The molecule has 1 aliphatic heterocycles. The predicted molar refractivity (Wildman–Crippen MR) is 119 cm³/mol. The number of benzene rings is 1. The number of rotatable bonds is 4. The quantitative estimate of drug-likeness (QED) is 0.303. The van der Waals surface area contributed by atoms with Gasteiger partial charge in [-0.25, -0.2) is 0 Å². The number of guanidine groups is 1. The summed E-state index contributed by atoms with van der Waals surface area (Å²) < 4.78 is 10.6. The van der Waals surface area contributed by atoms with Crippen molar-refractivity contribution in [2.75, 3.05) is 51.8 Å². The molecular weight excluding hydrogens is 459 g/mol. The molecule has 1 aromatic carbocycles. The number of esters is 1. The van der Waals surface area contributed by atoms with E-state index in [4.69, 9.17) is 9.47 Å². The molecule has 152 valence electrons. The zero-order valence-electron chi connectivity index (χ0n) is 16.8. The minimum absolute atomic E-state index is 0. The average Bonchev–Trinajstić information content (AvgIpc) is 2.61. The second-order valence-electron chi connectivity index (χ2n) is 7.16. The first-order valence-corrected chi connectivity index (χ1v) is 8.89. The minimum atomic E-state index is -0.481. The Morgan fingerprint density at radius 1 is 1.22 bits per heavy atom. The summed E-state index contributed by atoms with van der Waals surface area (Å²) in [5.74, 6) is 1.30. The van der Waals surface area contributed by atoms with E-state index in [1.54, 1.807) is 14.2 Å². The van der Waals surface area contributed by atoms with Gasteiger partial charge in [0.2, 0.25) is 0 Å². The fourth-order valence-corrected chi connectivity index (χ4v) is 2.84. The van der Waals surface area contributed by atoms with Crippen molar-refractivity contribution in [1.29, 1.82) is 0 Å². The molecule has 0 spiro atoms. The highest BCUT2D eigenvalue weighted by atomic mass is 127. The van der Waals surface area contributed by atoms with Crippen molar-refractivity contribution >= 4 is 41.6 Å². The SMILES string of the molecule is CN=C(NCC(=O)OC(C)(C)C)N1CCN(c2cccc(OC)c2)CC1.I. The molecule has 0 aliphatic carbocycles. The summed E-state index contributed by atoms with van der Waals surface area (Å²) in [4.78, 5) is 20.6. The summed E-state index contributed by atoms with van der Waals surface area (Å²) in [6.45, 7) is 9.09. The molecule has 0 atom stereocenters. The molecule has 2 rings (SSSR count). The Hall–Kier alpha value is -1.71. The Balaban J connectivity index is 0.00000364. The van der Waals surface area contributed by atoms with Crippen LogP contribution in [0.1, 0.15) is 20.8 Å². The average molecular weight is 490 g/mol. The number of ether oxygens (including phenoxy) is 2. The van der Waals surface area contributed by atoms with E-state index in [0.717, 1.165) is 43.6 Å². The first-order chi connectivity index (χ1) is 12.3. The van der Waals surface area contributed by atoms with Crippen molar-refractivity contribution in [3.63, 3.8) is 0 Å². The van der Waals surface area contributed by atoms with Gasteiger partial charge in [-0.05, 0) is 32.9 Å². The first-order valence-electron chi connectivity index (χ1n) is 8.89. The summed E-state index contributed by atoms with van der Waals surface area (Å²) in [7, 11) is 3.41. The fourth-order valence-electron chi connectivity index (χ4n) is 2.84. The smallest absolute Gasteiger partial charge is 0.325 e. The highest BCUT2D eigenvalue weighted by Gasteiger charge is 2.21. The van der Waals surface area contributed by atoms with E-state index in [-0.39, 0.29) is 36.5 Å². The van der Waals surface area contributed by atoms with Gasteiger partial charge in [0.05, 0.1) is 7.11 Å². The summed E-state index contributed by atoms with van der Waals surface area (Å²) in [5, 5.41) is 3.10. The number of aliphatic imine (C=N–C) groups is 1. The zero-order chi connectivity index (χ0) is 19.2. The van der Waals surface area contributed by atoms with Crippen molar-refractivity contribution in [3.05, 3.63) is 24.3 Å². The Kier molecular flexibility index (Phi) is 9.14. The van der Waals surface area contributed by atoms with E-state index in [1.165, 1.54) is 0 Å².